The van der Waals surface area contributed by atoms with Crippen LogP contribution < -0.4 is 0 Å². The lowest BCUT2D eigenvalue weighted by Crippen LogP contribution is -2.57. The van der Waals surface area contributed by atoms with Gasteiger partial charge < -0.3 is 20.4 Å². The molecular formula is C19H30O4. The van der Waals surface area contributed by atoms with E-state index in [9.17, 15) is 20.4 Å². The number of aliphatic hydroxyl groups is 4. The summed E-state index contributed by atoms with van der Waals surface area (Å²) in [6.45, 7) is 4.41. The van der Waals surface area contributed by atoms with E-state index in [1.165, 1.54) is 0 Å². The smallest absolute Gasteiger partial charge is 0.101 e. The highest BCUT2D eigenvalue weighted by Crippen LogP contribution is 2.64. The third-order valence-electron chi connectivity index (χ3n) is 8.15. The van der Waals surface area contributed by atoms with Gasteiger partial charge in [0.25, 0.3) is 0 Å². The van der Waals surface area contributed by atoms with Crippen molar-refractivity contribution in [3.8, 4) is 0 Å². The number of rotatable bonds is 0. The lowest BCUT2D eigenvalue weighted by molar-refractivity contribution is -0.117. The second-order valence-corrected chi connectivity index (χ2v) is 9.01. The van der Waals surface area contributed by atoms with Gasteiger partial charge in [-0.2, -0.15) is 0 Å². The highest BCUT2D eigenvalue weighted by molar-refractivity contribution is 5.31. The van der Waals surface area contributed by atoms with Gasteiger partial charge in [0.1, 0.15) is 6.10 Å². The molecule has 0 bridgehead atoms. The van der Waals surface area contributed by atoms with Crippen LogP contribution in [0.5, 0.6) is 0 Å². The summed E-state index contributed by atoms with van der Waals surface area (Å²) in [4.78, 5) is 0. The Kier molecular flexibility index (Phi) is 3.52. The average molecular weight is 322 g/mol. The SMILES string of the molecule is C[C@]12CCC(O)C(O)C1=CC(O)[C@@H]1[C@H]2CC[C@]2(C)C(O)CC[C@@H]12. The zero-order valence-corrected chi connectivity index (χ0v) is 14.2. The molecule has 3 saturated carbocycles. The highest BCUT2D eigenvalue weighted by Gasteiger charge is 2.61. The molecule has 0 amide bonds. The number of hydrogen-bond acceptors (Lipinski definition) is 4. The van der Waals surface area contributed by atoms with Crippen LogP contribution in [-0.2, 0) is 0 Å². The first-order valence-electron chi connectivity index (χ1n) is 9.23. The van der Waals surface area contributed by atoms with Gasteiger partial charge in [0.2, 0.25) is 0 Å². The molecule has 9 atom stereocenters. The molecule has 4 aliphatic rings. The zero-order valence-electron chi connectivity index (χ0n) is 14.2. The lowest BCUT2D eigenvalue weighted by atomic mass is 9.47. The Morgan fingerprint density at radius 2 is 1.65 bits per heavy atom. The van der Waals surface area contributed by atoms with Crippen LogP contribution in [-0.4, -0.2) is 44.8 Å². The van der Waals surface area contributed by atoms with Crippen molar-refractivity contribution in [2.75, 3.05) is 0 Å². The van der Waals surface area contributed by atoms with Crippen molar-refractivity contribution in [1.82, 2.24) is 0 Å². The molecule has 4 rings (SSSR count). The van der Waals surface area contributed by atoms with Crippen molar-refractivity contribution in [2.45, 2.75) is 76.8 Å². The van der Waals surface area contributed by atoms with Gasteiger partial charge in [-0.25, -0.2) is 0 Å². The molecule has 4 nitrogen and oxygen atoms in total. The Hall–Kier alpha value is -0.420. The van der Waals surface area contributed by atoms with E-state index in [1.807, 2.05) is 6.08 Å². The third-order valence-corrected chi connectivity index (χ3v) is 8.15. The molecule has 0 aromatic carbocycles. The summed E-state index contributed by atoms with van der Waals surface area (Å²) in [5.41, 5.74) is 0.654. The molecule has 4 heteroatoms. The summed E-state index contributed by atoms with van der Waals surface area (Å²) in [6.07, 6.45) is 4.77. The van der Waals surface area contributed by atoms with E-state index in [0.717, 1.165) is 37.7 Å². The van der Waals surface area contributed by atoms with Gasteiger partial charge in [-0.15, -0.1) is 0 Å². The molecule has 0 aromatic heterocycles. The summed E-state index contributed by atoms with van der Waals surface area (Å²) in [5, 5.41) is 41.8. The van der Waals surface area contributed by atoms with Gasteiger partial charge in [-0.05, 0) is 72.7 Å². The minimum absolute atomic E-state index is 0.0728. The normalized spacial score (nSPS) is 58.9. The van der Waals surface area contributed by atoms with E-state index in [0.29, 0.717) is 18.3 Å². The van der Waals surface area contributed by atoms with Gasteiger partial charge in [-0.3, -0.25) is 0 Å². The molecule has 4 N–H and O–H groups in total. The van der Waals surface area contributed by atoms with Crippen LogP contribution in [0.2, 0.25) is 0 Å². The molecule has 3 fully saturated rings. The van der Waals surface area contributed by atoms with Crippen LogP contribution >= 0.6 is 0 Å². The lowest BCUT2D eigenvalue weighted by Gasteiger charge is -2.59. The number of fused-ring (bicyclic) bond motifs is 5. The summed E-state index contributed by atoms with van der Waals surface area (Å²) in [5.74, 6) is 0.856. The second kappa shape index (κ2) is 5.04. The Bertz CT molecular complexity index is 531. The predicted octanol–water partition coefficient (Wildman–Crippen LogP) is 1.61. The summed E-state index contributed by atoms with van der Waals surface area (Å²) >= 11 is 0. The Morgan fingerprint density at radius 3 is 2.39 bits per heavy atom. The van der Waals surface area contributed by atoms with Crippen molar-refractivity contribution >= 4 is 0 Å². The van der Waals surface area contributed by atoms with E-state index < -0.39 is 18.3 Å². The summed E-state index contributed by atoms with van der Waals surface area (Å²) in [6, 6.07) is 0. The average Bonchev–Trinajstić information content (AvgIpc) is 2.82. The first-order valence-corrected chi connectivity index (χ1v) is 9.23. The van der Waals surface area contributed by atoms with Gasteiger partial charge >= 0.3 is 0 Å². The van der Waals surface area contributed by atoms with Gasteiger partial charge in [0.05, 0.1) is 18.3 Å². The topological polar surface area (TPSA) is 80.9 Å². The monoisotopic (exact) mass is 322 g/mol. The fraction of sp³-hybridized carbons (Fsp3) is 0.895. The van der Waals surface area contributed by atoms with Crippen LogP contribution in [0.1, 0.15) is 52.4 Å². The Morgan fingerprint density at radius 1 is 0.913 bits per heavy atom. The molecule has 0 radical (unpaired) electrons. The predicted molar refractivity (Wildman–Crippen MR) is 86.5 cm³/mol. The molecule has 0 saturated heterocycles. The highest BCUT2D eigenvalue weighted by atomic mass is 16.3. The Balaban J connectivity index is 1.75. The molecular weight excluding hydrogens is 292 g/mol. The van der Waals surface area contributed by atoms with Crippen molar-refractivity contribution < 1.29 is 20.4 Å². The van der Waals surface area contributed by atoms with Crippen molar-refractivity contribution in [1.29, 1.82) is 0 Å². The quantitative estimate of drug-likeness (QED) is 0.511. The van der Waals surface area contributed by atoms with Gasteiger partial charge in [0.15, 0.2) is 0 Å². The van der Waals surface area contributed by atoms with Crippen LogP contribution in [0.25, 0.3) is 0 Å². The summed E-state index contributed by atoms with van der Waals surface area (Å²) in [7, 11) is 0. The van der Waals surface area contributed by atoms with Gasteiger partial charge in [0, 0.05) is 0 Å². The van der Waals surface area contributed by atoms with Crippen LogP contribution in [0.3, 0.4) is 0 Å². The molecule has 0 aromatic rings. The molecule has 23 heavy (non-hydrogen) atoms. The molecule has 0 aliphatic heterocycles. The van der Waals surface area contributed by atoms with Crippen LogP contribution in [0.4, 0.5) is 0 Å². The maximum Gasteiger partial charge on any atom is 0.101 e. The number of hydrogen-bond donors (Lipinski definition) is 4. The zero-order chi connectivity index (χ0) is 16.6. The molecule has 4 aliphatic carbocycles. The summed E-state index contributed by atoms with van der Waals surface area (Å²) < 4.78 is 0. The van der Waals surface area contributed by atoms with E-state index >= 15 is 0 Å². The molecule has 0 heterocycles. The van der Waals surface area contributed by atoms with Crippen molar-refractivity contribution in [3.05, 3.63) is 11.6 Å². The van der Waals surface area contributed by atoms with E-state index in [1.54, 1.807) is 0 Å². The maximum absolute atomic E-state index is 10.9. The maximum atomic E-state index is 10.9. The Labute approximate surface area is 138 Å². The van der Waals surface area contributed by atoms with Gasteiger partial charge in [-0.1, -0.05) is 19.9 Å². The first kappa shape index (κ1) is 16.1. The first-order chi connectivity index (χ1) is 10.8. The van der Waals surface area contributed by atoms with E-state index in [4.69, 9.17) is 0 Å². The van der Waals surface area contributed by atoms with E-state index in [-0.39, 0.29) is 22.9 Å². The fourth-order valence-corrected chi connectivity index (χ4v) is 6.67. The van der Waals surface area contributed by atoms with Crippen molar-refractivity contribution in [3.63, 3.8) is 0 Å². The van der Waals surface area contributed by atoms with Crippen molar-refractivity contribution in [2.24, 2.45) is 28.6 Å². The minimum atomic E-state index is -0.841. The molecule has 130 valence electrons. The van der Waals surface area contributed by atoms with Crippen LogP contribution in [0.15, 0.2) is 11.6 Å². The van der Waals surface area contributed by atoms with E-state index in [2.05, 4.69) is 13.8 Å². The fourth-order valence-electron chi connectivity index (χ4n) is 6.67. The van der Waals surface area contributed by atoms with Crippen LogP contribution in [0, 0.1) is 28.6 Å². The second-order valence-electron chi connectivity index (χ2n) is 9.01. The molecule has 4 unspecified atom stereocenters. The molecule has 0 spiro atoms. The largest absolute Gasteiger partial charge is 0.393 e. The third kappa shape index (κ3) is 1.98. The minimum Gasteiger partial charge on any atom is -0.393 e. The standard InChI is InChI=1S/C19H30O4/c1-18-8-6-13(20)17(23)12(18)9-14(21)16-10-3-4-15(22)19(10,2)7-5-11(16)18/h9-11,13-17,20-23H,3-8H2,1-2H3/t10-,11+,13?,14?,15?,16-,17?,18+,19-/m0/s1. The number of aliphatic hydroxyl groups excluding tert-OH is 4.